The van der Waals surface area contributed by atoms with E-state index in [1.165, 1.54) is 31.4 Å². The fraction of sp³-hybridized carbons (Fsp3) is 0.138. The number of ether oxygens (including phenoxy) is 1. The molecule has 0 radical (unpaired) electrons. The maximum Gasteiger partial charge on any atom is 0.354 e. The monoisotopic (exact) mass is 665 g/mol. The molecule has 0 bridgehead atoms. The number of fused-ring (bicyclic) bond motifs is 1. The lowest BCUT2D eigenvalue weighted by Gasteiger charge is -2.12. The van der Waals surface area contributed by atoms with Crippen LogP contribution in [0.1, 0.15) is 55.9 Å². The first-order valence-electron chi connectivity index (χ1n) is 13.1. The van der Waals surface area contributed by atoms with Crippen molar-refractivity contribution in [1.29, 1.82) is 0 Å². The van der Waals surface area contributed by atoms with E-state index in [-0.39, 0.29) is 42.4 Å². The molecular weight excluding hydrogens is 637 g/mol. The minimum absolute atomic E-state index is 0. The molecule has 2 aromatic heterocycles. The third-order valence-corrected chi connectivity index (χ3v) is 6.50. The summed E-state index contributed by atoms with van der Waals surface area (Å²) >= 11 is 0. The minimum Gasteiger partial charge on any atom is -0.489 e. The van der Waals surface area contributed by atoms with E-state index < -0.39 is 58.0 Å². The van der Waals surface area contributed by atoms with Gasteiger partial charge in [0.2, 0.25) is 11.6 Å². The average molecular weight is 666 g/mol. The van der Waals surface area contributed by atoms with Crippen LogP contribution in [-0.2, 0) is 16.1 Å². The molecule has 0 aliphatic heterocycles. The number of carbonyl (C=O) groups excluding carboxylic acids is 3. The number of primary amides is 1. The highest BCUT2D eigenvalue weighted by atomic mass is 19.1. The molecule has 5 aromatic rings. The van der Waals surface area contributed by atoms with E-state index in [4.69, 9.17) is 17.2 Å². The van der Waals surface area contributed by atoms with Gasteiger partial charge in [-0.1, -0.05) is 35.9 Å². The van der Waals surface area contributed by atoms with Crippen LogP contribution in [0.5, 0.6) is 5.88 Å². The number of nitrogens with two attached hydrogens (primary N) is 3. The summed E-state index contributed by atoms with van der Waals surface area (Å²) < 4.78 is 19.4. The van der Waals surface area contributed by atoms with Gasteiger partial charge in [0.15, 0.2) is 5.69 Å². The smallest absolute Gasteiger partial charge is 0.354 e. The highest BCUT2D eigenvalue weighted by Crippen LogP contribution is 2.23. The van der Waals surface area contributed by atoms with Gasteiger partial charge in [0.05, 0.1) is 18.4 Å². The standard InChI is InChI=1S/C18H12FN7O6.C10H12N2O3.CH4/c19-7-2-1-6(3-8(7)22-12-11(20)13(27)14(12)28)5-21-16(29)9-4-10(18(31)32)26-15(23-9)17(30)24-25-26;1-15-10(14)7-4-2-6(3-5-7)8(11)9(12)13;/h1-4,22,30H,5,20H2,(H,21,29)(H,31,32);2-5,8H,11H2,1H3,(H2,12,13);1H4/t;8-;/m.1./s1. The van der Waals surface area contributed by atoms with Crippen molar-refractivity contribution in [3.8, 4) is 5.88 Å². The van der Waals surface area contributed by atoms with Gasteiger partial charge in [-0.2, -0.15) is 4.52 Å². The Hall–Kier alpha value is -6.76. The predicted octanol–water partition coefficient (Wildman–Crippen LogP) is 0.113. The molecule has 19 heteroatoms. The number of carboxylic acid groups (broad SMARTS) is 1. The lowest BCUT2D eigenvalue weighted by atomic mass is 10.1. The first-order chi connectivity index (χ1) is 22.2. The summed E-state index contributed by atoms with van der Waals surface area (Å²) in [7, 11) is 1.30. The van der Waals surface area contributed by atoms with Crippen LogP contribution in [0, 0.1) is 5.82 Å². The lowest BCUT2D eigenvalue weighted by Crippen LogP contribution is -2.36. The van der Waals surface area contributed by atoms with E-state index in [0.717, 1.165) is 16.6 Å². The number of nitrogen functional groups attached to an aromatic ring is 1. The van der Waals surface area contributed by atoms with Gasteiger partial charge in [0, 0.05) is 12.6 Å². The summed E-state index contributed by atoms with van der Waals surface area (Å²) in [5.41, 5.74) is 13.8. The fourth-order valence-electron chi connectivity index (χ4n) is 3.96. The van der Waals surface area contributed by atoms with Crippen molar-refractivity contribution in [2.45, 2.75) is 20.0 Å². The zero-order valence-electron chi connectivity index (χ0n) is 24.1. The number of halogens is 1. The molecule has 0 saturated heterocycles. The number of nitrogens with one attached hydrogen (secondary N) is 2. The van der Waals surface area contributed by atoms with E-state index in [9.17, 15) is 43.4 Å². The first-order valence-corrected chi connectivity index (χ1v) is 13.1. The Kier molecular flexibility index (Phi) is 10.8. The van der Waals surface area contributed by atoms with Gasteiger partial charge in [0.1, 0.15) is 28.9 Å². The van der Waals surface area contributed by atoms with E-state index in [1.807, 2.05) is 0 Å². The van der Waals surface area contributed by atoms with Crippen molar-refractivity contribution in [3.05, 3.63) is 103 Å². The van der Waals surface area contributed by atoms with Crippen molar-refractivity contribution in [2.75, 3.05) is 18.2 Å². The van der Waals surface area contributed by atoms with Crippen LogP contribution in [-0.4, -0.2) is 60.9 Å². The number of amides is 2. The molecule has 0 aliphatic carbocycles. The van der Waals surface area contributed by atoms with Gasteiger partial charge >= 0.3 is 11.9 Å². The number of rotatable bonds is 9. The number of aromatic hydroxyl groups is 1. The minimum atomic E-state index is -1.43. The summed E-state index contributed by atoms with van der Waals surface area (Å²) in [6.45, 7) is -0.131. The summed E-state index contributed by atoms with van der Waals surface area (Å²) in [4.78, 5) is 72.3. The Morgan fingerprint density at radius 2 is 1.73 bits per heavy atom. The van der Waals surface area contributed by atoms with Crippen LogP contribution in [0.2, 0.25) is 0 Å². The number of anilines is 3. The fourth-order valence-corrected chi connectivity index (χ4v) is 3.96. The maximum absolute atomic E-state index is 14.1. The molecule has 3 aromatic carbocycles. The summed E-state index contributed by atoms with van der Waals surface area (Å²) in [6, 6.07) is 10.0. The maximum atomic E-state index is 14.1. The molecule has 10 N–H and O–H groups in total. The van der Waals surface area contributed by atoms with Gasteiger partial charge in [-0.25, -0.2) is 19.0 Å². The number of nitrogens with zero attached hydrogens (tertiary/aromatic N) is 4. The summed E-state index contributed by atoms with van der Waals surface area (Å²) in [5.74, 6) is -4.65. The molecule has 0 saturated carbocycles. The zero-order chi connectivity index (χ0) is 34.6. The Bertz CT molecular complexity index is 2110. The number of hydrogen-bond donors (Lipinski definition) is 7. The Morgan fingerprint density at radius 1 is 1.06 bits per heavy atom. The molecule has 0 fully saturated rings. The van der Waals surface area contributed by atoms with Gasteiger partial charge in [0.25, 0.3) is 22.6 Å². The number of carboxylic acids is 1. The Balaban J connectivity index is 0.000000330. The van der Waals surface area contributed by atoms with Crippen molar-refractivity contribution < 1.29 is 38.5 Å². The molecule has 250 valence electrons. The zero-order valence-corrected chi connectivity index (χ0v) is 24.1. The van der Waals surface area contributed by atoms with Gasteiger partial charge in [-0.05, 0) is 35.4 Å². The van der Waals surface area contributed by atoms with Crippen LogP contribution in [0.25, 0.3) is 5.65 Å². The number of hydrogen-bond acceptors (Lipinski definition) is 14. The molecule has 48 heavy (non-hydrogen) atoms. The lowest BCUT2D eigenvalue weighted by molar-refractivity contribution is -0.119. The number of benzene rings is 2. The summed E-state index contributed by atoms with van der Waals surface area (Å²) in [5, 5.41) is 30.6. The second-order valence-corrected chi connectivity index (χ2v) is 9.54. The highest BCUT2D eigenvalue weighted by molar-refractivity contribution is 5.96. The number of aromatic nitrogens is 4. The molecular formula is C29H28FN9O9. The van der Waals surface area contributed by atoms with Crippen LogP contribution in [0.4, 0.5) is 21.5 Å². The number of aromatic carboxylic acids is 1. The van der Waals surface area contributed by atoms with Gasteiger partial charge < -0.3 is 42.8 Å². The largest absolute Gasteiger partial charge is 0.489 e. The van der Waals surface area contributed by atoms with E-state index in [0.29, 0.717) is 16.7 Å². The molecule has 5 rings (SSSR count). The van der Waals surface area contributed by atoms with E-state index in [2.05, 4.69) is 30.7 Å². The van der Waals surface area contributed by atoms with Gasteiger partial charge in [-0.15, -0.1) is 0 Å². The molecule has 18 nitrogen and oxygen atoms in total. The second kappa shape index (κ2) is 14.6. The van der Waals surface area contributed by atoms with E-state index >= 15 is 0 Å². The van der Waals surface area contributed by atoms with Crippen LogP contribution in [0.3, 0.4) is 0 Å². The molecule has 0 spiro atoms. The average Bonchev–Trinajstić information content (AvgIpc) is 3.45. The van der Waals surface area contributed by atoms with Gasteiger partial charge in [-0.3, -0.25) is 19.2 Å². The van der Waals surface area contributed by atoms with Crippen molar-refractivity contribution >= 4 is 46.5 Å². The van der Waals surface area contributed by atoms with Crippen molar-refractivity contribution in [2.24, 2.45) is 11.5 Å². The van der Waals surface area contributed by atoms with Crippen molar-refractivity contribution in [3.63, 3.8) is 0 Å². The second-order valence-electron chi connectivity index (χ2n) is 9.54. The molecule has 0 unspecified atom stereocenters. The number of carbonyl (C=O) groups is 4. The predicted molar refractivity (Wildman–Crippen MR) is 167 cm³/mol. The summed E-state index contributed by atoms with van der Waals surface area (Å²) in [6.07, 6.45) is 0. The molecule has 2 amide bonds. The van der Waals surface area contributed by atoms with E-state index in [1.54, 1.807) is 12.1 Å². The topological polar surface area (TPSA) is 297 Å². The third-order valence-electron chi connectivity index (χ3n) is 6.50. The molecule has 2 heterocycles. The van der Waals surface area contributed by atoms with Crippen LogP contribution < -0.4 is 38.7 Å². The number of methoxy groups -OCH3 is 1. The third kappa shape index (κ3) is 7.37. The number of esters is 1. The van der Waals surface area contributed by atoms with Crippen LogP contribution in [0.15, 0.2) is 58.1 Å². The normalized spacial score (nSPS) is 11.1. The highest BCUT2D eigenvalue weighted by Gasteiger charge is 2.21. The van der Waals surface area contributed by atoms with Crippen LogP contribution >= 0.6 is 0 Å². The Morgan fingerprint density at radius 3 is 2.31 bits per heavy atom. The Labute approximate surface area is 268 Å². The quantitative estimate of drug-likeness (QED) is 0.0812. The molecule has 1 atom stereocenters. The first kappa shape index (κ1) is 35.7. The molecule has 0 aliphatic rings. The SMILES string of the molecule is C.COC(=O)c1ccc([C@@H](N)C(N)=O)cc1.Nc1c(Nc2cc(CNC(=O)c3cc(C(=O)O)n4nnc(O)c4n3)ccc2F)c(=O)c1=O. The van der Waals surface area contributed by atoms with Crippen molar-refractivity contribution in [1.82, 2.24) is 25.1 Å².